The molecule has 0 saturated heterocycles. The lowest BCUT2D eigenvalue weighted by molar-refractivity contribution is 0.144. The highest BCUT2D eigenvalue weighted by atomic mass is 35.5. The second-order valence-electron chi connectivity index (χ2n) is 2.91. The molecular formula is C10H6ClF2N3. The minimum absolute atomic E-state index is 0.0196. The van der Waals surface area contributed by atoms with Gasteiger partial charge in [-0.05, 0) is 6.07 Å². The van der Waals surface area contributed by atoms with Crippen LogP contribution in [0.4, 0.5) is 8.78 Å². The smallest absolute Gasteiger partial charge is 0.250 e. The predicted molar refractivity (Wildman–Crippen MR) is 52.8 cm³/mol. The van der Waals surface area contributed by atoms with Gasteiger partial charge < -0.3 is 0 Å². The van der Waals surface area contributed by atoms with Crippen LogP contribution in [0.5, 0.6) is 0 Å². The highest BCUT2D eigenvalue weighted by molar-refractivity contribution is 6.16. The molecule has 0 radical (unpaired) electrons. The Bertz CT molecular complexity index is 474. The Hall–Kier alpha value is -1.72. The average Bonchev–Trinajstić information content (AvgIpc) is 2.29. The second kappa shape index (κ2) is 5.39. The largest absolute Gasteiger partial charge is 0.280 e. The number of alkyl halides is 3. The number of halogens is 3. The van der Waals surface area contributed by atoms with Gasteiger partial charge in [0.25, 0.3) is 6.43 Å². The molecule has 3 nitrogen and oxygen atoms in total. The Morgan fingerprint density at radius 2 is 2.12 bits per heavy atom. The van der Waals surface area contributed by atoms with E-state index in [-0.39, 0.29) is 29.1 Å². The maximum absolute atomic E-state index is 12.7. The normalized spacial score (nSPS) is 9.88. The van der Waals surface area contributed by atoms with E-state index in [0.29, 0.717) is 0 Å². The minimum Gasteiger partial charge on any atom is -0.250 e. The molecule has 1 aromatic heterocycles. The van der Waals surface area contributed by atoms with Crippen LogP contribution < -0.4 is 0 Å². The van der Waals surface area contributed by atoms with Gasteiger partial charge in [-0.15, -0.1) is 11.6 Å². The molecule has 0 aromatic carbocycles. The molecule has 0 aliphatic heterocycles. The molecular weight excluding hydrogens is 236 g/mol. The summed E-state index contributed by atoms with van der Waals surface area (Å²) >= 11 is 5.48. The van der Waals surface area contributed by atoms with Crippen LogP contribution >= 0.6 is 11.6 Å². The van der Waals surface area contributed by atoms with E-state index in [4.69, 9.17) is 22.1 Å². The standard InChI is InChI=1S/C10H6ClF2N3/c11-4-7-3-6(5-15)8(1-2-14)9(16-7)10(12)13/h3,10H,1,4H2. The van der Waals surface area contributed by atoms with Crippen molar-refractivity contribution in [3.05, 3.63) is 28.6 Å². The van der Waals surface area contributed by atoms with Gasteiger partial charge >= 0.3 is 0 Å². The number of hydrogen-bond acceptors (Lipinski definition) is 3. The van der Waals surface area contributed by atoms with E-state index in [2.05, 4.69) is 4.98 Å². The summed E-state index contributed by atoms with van der Waals surface area (Å²) in [6, 6.07) is 4.83. The zero-order valence-corrected chi connectivity index (χ0v) is 8.80. The summed E-state index contributed by atoms with van der Waals surface area (Å²) in [7, 11) is 0. The fourth-order valence-electron chi connectivity index (χ4n) is 1.26. The van der Waals surface area contributed by atoms with Crippen LogP contribution in [-0.2, 0) is 12.3 Å². The molecule has 0 atom stereocenters. The van der Waals surface area contributed by atoms with Crippen molar-refractivity contribution < 1.29 is 8.78 Å². The first-order chi connectivity index (χ1) is 7.63. The topological polar surface area (TPSA) is 60.5 Å². The average molecular weight is 242 g/mol. The first-order valence-corrected chi connectivity index (χ1v) is 4.81. The van der Waals surface area contributed by atoms with Crippen LogP contribution in [0.25, 0.3) is 0 Å². The Labute approximate surface area is 95.9 Å². The molecule has 82 valence electrons. The number of rotatable bonds is 3. The molecule has 0 unspecified atom stereocenters. The van der Waals surface area contributed by atoms with Gasteiger partial charge in [0.2, 0.25) is 0 Å². The monoisotopic (exact) mass is 241 g/mol. The molecule has 0 fully saturated rings. The van der Waals surface area contributed by atoms with Crippen molar-refractivity contribution >= 4 is 11.6 Å². The Kier molecular flexibility index (Phi) is 4.16. The molecule has 1 rings (SSSR count). The molecule has 0 saturated carbocycles. The Balaban J connectivity index is 3.43. The summed E-state index contributed by atoms with van der Waals surface area (Å²) in [5.74, 6) is -0.0543. The van der Waals surface area contributed by atoms with Crippen molar-refractivity contribution in [3.8, 4) is 12.1 Å². The first-order valence-electron chi connectivity index (χ1n) is 4.27. The summed E-state index contributed by atoms with van der Waals surface area (Å²) in [6.07, 6.45) is -3.09. The maximum atomic E-state index is 12.7. The Morgan fingerprint density at radius 3 is 2.56 bits per heavy atom. The molecule has 0 N–H and O–H groups in total. The van der Waals surface area contributed by atoms with Crippen molar-refractivity contribution in [2.45, 2.75) is 18.7 Å². The van der Waals surface area contributed by atoms with Crippen LogP contribution in [0, 0.1) is 22.7 Å². The van der Waals surface area contributed by atoms with Gasteiger partial charge in [-0.25, -0.2) is 8.78 Å². The third kappa shape index (κ3) is 2.44. The van der Waals surface area contributed by atoms with Gasteiger partial charge in [-0.2, -0.15) is 10.5 Å². The molecule has 0 spiro atoms. The van der Waals surface area contributed by atoms with Gasteiger partial charge in [-0.3, -0.25) is 4.98 Å². The van der Waals surface area contributed by atoms with Crippen molar-refractivity contribution in [2.75, 3.05) is 0 Å². The molecule has 0 amide bonds. The molecule has 16 heavy (non-hydrogen) atoms. The molecule has 0 aliphatic carbocycles. The fourth-order valence-corrected chi connectivity index (χ4v) is 1.40. The van der Waals surface area contributed by atoms with E-state index in [9.17, 15) is 8.78 Å². The predicted octanol–water partition coefficient (Wildman–Crippen LogP) is 2.70. The van der Waals surface area contributed by atoms with Crippen LogP contribution in [0.1, 0.15) is 28.9 Å². The summed E-state index contributed by atoms with van der Waals surface area (Å²) in [5.41, 5.74) is -0.317. The third-order valence-electron chi connectivity index (χ3n) is 1.93. The maximum Gasteiger partial charge on any atom is 0.280 e. The summed E-state index contributed by atoms with van der Waals surface area (Å²) in [5, 5.41) is 17.3. The summed E-state index contributed by atoms with van der Waals surface area (Å²) < 4.78 is 25.3. The van der Waals surface area contributed by atoms with Gasteiger partial charge in [0.15, 0.2) is 0 Å². The first kappa shape index (κ1) is 12.4. The second-order valence-corrected chi connectivity index (χ2v) is 3.17. The summed E-state index contributed by atoms with van der Waals surface area (Å²) in [6.45, 7) is 0. The van der Waals surface area contributed by atoms with Crippen molar-refractivity contribution in [2.24, 2.45) is 0 Å². The van der Waals surface area contributed by atoms with Gasteiger partial charge in [0.05, 0.1) is 35.7 Å². The number of hydrogen-bond donors (Lipinski definition) is 0. The van der Waals surface area contributed by atoms with E-state index >= 15 is 0 Å². The van der Waals surface area contributed by atoms with Crippen molar-refractivity contribution in [1.82, 2.24) is 4.98 Å². The van der Waals surface area contributed by atoms with E-state index in [1.807, 2.05) is 0 Å². The van der Waals surface area contributed by atoms with Crippen LogP contribution in [0.3, 0.4) is 0 Å². The van der Waals surface area contributed by atoms with Crippen LogP contribution in [0.15, 0.2) is 6.07 Å². The SMILES string of the molecule is N#CCc1c(C#N)cc(CCl)nc1C(F)F. The highest BCUT2D eigenvalue weighted by Gasteiger charge is 2.19. The minimum atomic E-state index is -2.82. The van der Waals surface area contributed by atoms with Gasteiger partial charge in [-0.1, -0.05) is 0 Å². The zero-order chi connectivity index (χ0) is 12.1. The fraction of sp³-hybridized carbons (Fsp3) is 0.300. The highest BCUT2D eigenvalue weighted by Crippen LogP contribution is 2.25. The number of nitriles is 2. The molecule has 0 aliphatic rings. The lowest BCUT2D eigenvalue weighted by Crippen LogP contribution is -2.04. The van der Waals surface area contributed by atoms with Crippen LogP contribution in [0.2, 0.25) is 0 Å². The lowest BCUT2D eigenvalue weighted by Gasteiger charge is -2.08. The molecule has 6 heteroatoms. The van der Waals surface area contributed by atoms with Gasteiger partial charge in [0.1, 0.15) is 5.69 Å². The van der Waals surface area contributed by atoms with Gasteiger partial charge in [0, 0.05) is 5.56 Å². The molecule has 1 aromatic rings. The zero-order valence-electron chi connectivity index (χ0n) is 8.04. The third-order valence-corrected chi connectivity index (χ3v) is 2.20. The van der Waals surface area contributed by atoms with E-state index < -0.39 is 12.1 Å². The lowest BCUT2D eigenvalue weighted by atomic mass is 10.0. The number of pyridine rings is 1. The van der Waals surface area contributed by atoms with Crippen molar-refractivity contribution in [3.63, 3.8) is 0 Å². The number of aromatic nitrogens is 1. The summed E-state index contributed by atoms with van der Waals surface area (Å²) in [4.78, 5) is 3.63. The molecule has 1 heterocycles. The molecule has 0 bridgehead atoms. The Morgan fingerprint density at radius 1 is 1.44 bits per heavy atom. The van der Waals surface area contributed by atoms with Crippen molar-refractivity contribution in [1.29, 1.82) is 10.5 Å². The van der Waals surface area contributed by atoms with E-state index in [1.165, 1.54) is 6.07 Å². The van der Waals surface area contributed by atoms with E-state index in [0.717, 1.165) is 0 Å². The quantitative estimate of drug-likeness (QED) is 0.765. The van der Waals surface area contributed by atoms with Crippen LogP contribution in [-0.4, -0.2) is 4.98 Å². The van der Waals surface area contributed by atoms with E-state index in [1.54, 1.807) is 12.1 Å². The number of nitrogens with zero attached hydrogens (tertiary/aromatic N) is 3.